The van der Waals surface area contributed by atoms with Crippen molar-refractivity contribution in [2.75, 3.05) is 31.7 Å². The summed E-state index contributed by atoms with van der Waals surface area (Å²) in [5, 5.41) is 2.93. The molecule has 0 bridgehead atoms. The fourth-order valence-corrected chi connectivity index (χ4v) is 1.80. The van der Waals surface area contributed by atoms with Crippen LogP contribution in [0.5, 0.6) is 0 Å². The number of nitrogens with one attached hydrogen (secondary N) is 1. The normalized spacial score (nSPS) is 11.7. The monoisotopic (exact) mass is 249 g/mol. The Balaban J connectivity index is 3.00. The molecule has 0 saturated heterocycles. The molecule has 0 aliphatic rings. The maximum atomic E-state index is 11.8. The molecule has 4 heteroatoms. The van der Waals surface area contributed by atoms with Gasteiger partial charge >= 0.3 is 0 Å². The predicted molar refractivity (Wildman–Crippen MR) is 76.7 cm³/mol. The molecule has 1 aromatic carbocycles. The van der Waals surface area contributed by atoms with Crippen molar-refractivity contribution in [2.24, 2.45) is 0 Å². The average molecular weight is 249 g/mol. The third kappa shape index (κ3) is 4.04. The highest BCUT2D eigenvalue weighted by molar-refractivity contribution is 5.93. The molecule has 0 spiro atoms. The van der Waals surface area contributed by atoms with Crippen LogP contribution >= 0.6 is 0 Å². The minimum Gasteiger partial charge on any atom is -0.399 e. The lowest BCUT2D eigenvalue weighted by Gasteiger charge is -2.23. The highest BCUT2D eigenvalue weighted by Crippen LogP contribution is 2.31. The van der Waals surface area contributed by atoms with Gasteiger partial charge in [0.15, 0.2) is 0 Å². The number of benzene rings is 1. The maximum absolute atomic E-state index is 11.8. The number of hydrogen-bond donors (Lipinski definition) is 2. The molecule has 1 aromatic rings. The molecule has 3 N–H and O–H groups in total. The Hall–Kier alpha value is -1.55. The Kier molecular flexibility index (Phi) is 4.35. The summed E-state index contributed by atoms with van der Waals surface area (Å²) in [7, 11) is 3.73. The summed E-state index contributed by atoms with van der Waals surface area (Å²) in [4.78, 5) is 13.7. The standard InChI is InChI=1S/C14H23N3O/c1-14(2,3)11-7-6-10(15)8-12(11)16-13(18)9-17(4)5/h6-8H,9,15H2,1-5H3,(H,16,18). The van der Waals surface area contributed by atoms with Crippen LogP contribution < -0.4 is 11.1 Å². The van der Waals surface area contributed by atoms with Gasteiger partial charge in [0.2, 0.25) is 5.91 Å². The number of likely N-dealkylation sites (N-methyl/N-ethyl adjacent to an activating group) is 1. The van der Waals surface area contributed by atoms with E-state index in [9.17, 15) is 4.79 Å². The fraction of sp³-hybridized carbons (Fsp3) is 0.500. The van der Waals surface area contributed by atoms with Crippen LogP contribution in [0, 0.1) is 0 Å². The van der Waals surface area contributed by atoms with Crippen molar-refractivity contribution < 1.29 is 4.79 Å². The quantitative estimate of drug-likeness (QED) is 0.806. The van der Waals surface area contributed by atoms with Gasteiger partial charge < -0.3 is 16.0 Å². The Morgan fingerprint density at radius 2 is 1.94 bits per heavy atom. The molecular weight excluding hydrogens is 226 g/mol. The van der Waals surface area contributed by atoms with Crippen LogP contribution in [0.3, 0.4) is 0 Å². The SMILES string of the molecule is CN(C)CC(=O)Nc1cc(N)ccc1C(C)(C)C. The lowest BCUT2D eigenvalue weighted by Crippen LogP contribution is -2.28. The molecular formula is C14H23N3O. The van der Waals surface area contributed by atoms with Gasteiger partial charge in [0, 0.05) is 11.4 Å². The van der Waals surface area contributed by atoms with Crippen LogP contribution in [0.1, 0.15) is 26.3 Å². The first-order chi connectivity index (χ1) is 8.20. The molecule has 0 heterocycles. The molecule has 1 amide bonds. The van der Waals surface area contributed by atoms with E-state index in [4.69, 9.17) is 5.73 Å². The molecule has 0 fully saturated rings. The van der Waals surface area contributed by atoms with E-state index in [2.05, 4.69) is 26.1 Å². The van der Waals surface area contributed by atoms with Gasteiger partial charge in [-0.05, 0) is 37.2 Å². The van der Waals surface area contributed by atoms with Crippen LogP contribution in [0.25, 0.3) is 0 Å². The Labute approximate surface area is 109 Å². The molecule has 0 unspecified atom stereocenters. The van der Waals surface area contributed by atoms with E-state index in [1.807, 2.05) is 37.2 Å². The number of hydrogen-bond acceptors (Lipinski definition) is 3. The van der Waals surface area contributed by atoms with Crippen molar-refractivity contribution in [3.63, 3.8) is 0 Å². The summed E-state index contributed by atoms with van der Waals surface area (Å²) in [5.41, 5.74) is 8.30. The number of carbonyl (C=O) groups is 1. The molecule has 0 aromatic heterocycles. The number of amides is 1. The van der Waals surface area contributed by atoms with Crippen molar-refractivity contribution in [2.45, 2.75) is 26.2 Å². The zero-order valence-corrected chi connectivity index (χ0v) is 11.9. The first-order valence-corrected chi connectivity index (χ1v) is 6.05. The van der Waals surface area contributed by atoms with Crippen molar-refractivity contribution >= 4 is 17.3 Å². The van der Waals surface area contributed by atoms with Crippen LogP contribution in [0.15, 0.2) is 18.2 Å². The number of nitrogens with two attached hydrogens (primary N) is 1. The Bertz CT molecular complexity index is 433. The van der Waals surface area contributed by atoms with Crippen LogP contribution in [0.4, 0.5) is 11.4 Å². The number of nitrogen functional groups attached to an aromatic ring is 1. The molecule has 1 rings (SSSR count). The van der Waals surface area contributed by atoms with Gasteiger partial charge in [0.25, 0.3) is 0 Å². The molecule has 0 saturated carbocycles. The lowest BCUT2D eigenvalue weighted by atomic mass is 9.85. The highest BCUT2D eigenvalue weighted by atomic mass is 16.2. The van der Waals surface area contributed by atoms with Crippen LogP contribution in [-0.4, -0.2) is 31.4 Å². The van der Waals surface area contributed by atoms with Crippen molar-refractivity contribution in [3.05, 3.63) is 23.8 Å². The summed E-state index contributed by atoms with van der Waals surface area (Å²) >= 11 is 0. The van der Waals surface area contributed by atoms with Gasteiger partial charge in [0.05, 0.1) is 6.54 Å². The van der Waals surface area contributed by atoms with E-state index in [1.54, 1.807) is 0 Å². The predicted octanol–water partition coefficient (Wildman–Crippen LogP) is 2.07. The summed E-state index contributed by atoms with van der Waals surface area (Å²) in [6, 6.07) is 5.65. The van der Waals surface area contributed by atoms with E-state index in [1.165, 1.54) is 0 Å². The van der Waals surface area contributed by atoms with Gasteiger partial charge in [-0.2, -0.15) is 0 Å². The maximum Gasteiger partial charge on any atom is 0.238 e. The zero-order valence-electron chi connectivity index (χ0n) is 11.9. The summed E-state index contributed by atoms with van der Waals surface area (Å²) in [6.07, 6.45) is 0. The Morgan fingerprint density at radius 1 is 1.33 bits per heavy atom. The number of carbonyl (C=O) groups excluding carboxylic acids is 1. The lowest BCUT2D eigenvalue weighted by molar-refractivity contribution is -0.116. The minimum absolute atomic E-state index is 0.0314. The number of anilines is 2. The van der Waals surface area contributed by atoms with Gasteiger partial charge in [-0.15, -0.1) is 0 Å². The first-order valence-electron chi connectivity index (χ1n) is 6.05. The first kappa shape index (κ1) is 14.5. The summed E-state index contributed by atoms with van der Waals surface area (Å²) in [6.45, 7) is 6.69. The van der Waals surface area contributed by atoms with E-state index < -0.39 is 0 Å². The molecule has 0 aliphatic carbocycles. The molecule has 18 heavy (non-hydrogen) atoms. The zero-order chi connectivity index (χ0) is 13.9. The molecule has 0 aliphatic heterocycles. The minimum atomic E-state index is -0.0333. The second kappa shape index (κ2) is 5.40. The fourth-order valence-electron chi connectivity index (χ4n) is 1.80. The van der Waals surface area contributed by atoms with Crippen LogP contribution in [-0.2, 0) is 10.2 Å². The van der Waals surface area contributed by atoms with E-state index in [0.717, 1.165) is 11.3 Å². The molecule has 0 radical (unpaired) electrons. The van der Waals surface area contributed by atoms with E-state index in [-0.39, 0.29) is 11.3 Å². The van der Waals surface area contributed by atoms with Gasteiger partial charge in [-0.3, -0.25) is 4.79 Å². The smallest absolute Gasteiger partial charge is 0.238 e. The third-order valence-corrected chi connectivity index (χ3v) is 2.59. The highest BCUT2D eigenvalue weighted by Gasteiger charge is 2.19. The largest absolute Gasteiger partial charge is 0.399 e. The van der Waals surface area contributed by atoms with Crippen LogP contribution in [0.2, 0.25) is 0 Å². The second-order valence-electron chi connectivity index (χ2n) is 5.84. The summed E-state index contributed by atoms with van der Waals surface area (Å²) in [5.74, 6) is -0.0314. The topological polar surface area (TPSA) is 58.4 Å². The van der Waals surface area contributed by atoms with Gasteiger partial charge in [-0.25, -0.2) is 0 Å². The van der Waals surface area contributed by atoms with Crippen molar-refractivity contribution in [1.29, 1.82) is 0 Å². The number of rotatable bonds is 3. The van der Waals surface area contributed by atoms with E-state index >= 15 is 0 Å². The van der Waals surface area contributed by atoms with Gasteiger partial charge in [-0.1, -0.05) is 26.8 Å². The molecule has 0 atom stereocenters. The van der Waals surface area contributed by atoms with E-state index in [0.29, 0.717) is 12.2 Å². The second-order valence-corrected chi connectivity index (χ2v) is 5.84. The summed E-state index contributed by atoms with van der Waals surface area (Å²) < 4.78 is 0. The molecule has 4 nitrogen and oxygen atoms in total. The molecule has 100 valence electrons. The van der Waals surface area contributed by atoms with Crippen molar-refractivity contribution in [3.8, 4) is 0 Å². The Morgan fingerprint density at radius 3 is 2.44 bits per heavy atom. The van der Waals surface area contributed by atoms with Crippen molar-refractivity contribution in [1.82, 2.24) is 4.90 Å². The average Bonchev–Trinajstić information content (AvgIpc) is 2.13. The third-order valence-electron chi connectivity index (χ3n) is 2.59. The van der Waals surface area contributed by atoms with Gasteiger partial charge in [0.1, 0.15) is 0 Å². The number of nitrogens with zero attached hydrogens (tertiary/aromatic N) is 1.